The first kappa shape index (κ1) is 16.1. The third-order valence-electron chi connectivity index (χ3n) is 2.71. The minimum absolute atomic E-state index is 0.277. The zero-order chi connectivity index (χ0) is 16.1. The maximum atomic E-state index is 11.8. The number of anilines is 2. The lowest BCUT2D eigenvalue weighted by molar-refractivity contribution is -0.119. The molecule has 0 saturated carbocycles. The first-order valence-corrected chi connectivity index (χ1v) is 6.99. The van der Waals surface area contributed by atoms with E-state index in [0.717, 1.165) is 0 Å². The van der Waals surface area contributed by atoms with Gasteiger partial charge < -0.3 is 15.8 Å². The van der Waals surface area contributed by atoms with Crippen LogP contribution >= 0.6 is 23.2 Å². The SMILES string of the molecule is Nc1ccc(C(=O)OCC(=O)Nc2c(Cl)cccc2Cl)cc1. The molecule has 22 heavy (non-hydrogen) atoms. The van der Waals surface area contributed by atoms with Crippen LogP contribution in [0.25, 0.3) is 0 Å². The Morgan fingerprint density at radius 2 is 1.64 bits per heavy atom. The summed E-state index contributed by atoms with van der Waals surface area (Å²) in [5.74, 6) is -1.17. The summed E-state index contributed by atoms with van der Waals surface area (Å²) in [6.45, 7) is -0.454. The van der Waals surface area contributed by atoms with Crippen LogP contribution in [0.4, 0.5) is 11.4 Å². The van der Waals surface area contributed by atoms with Crippen molar-refractivity contribution < 1.29 is 14.3 Å². The summed E-state index contributed by atoms with van der Waals surface area (Å²) in [6, 6.07) is 11.0. The monoisotopic (exact) mass is 338 g/mol. The number of nitrogen functional groups attached to an aromatic ring is 1. The van der Waals surface area contributed by atoms with Gasteiger partial charge in [-0.3, -0.25) is 4.79 Å². The van der Waals surface area contributed by atoms with Crippen LogP contribution in [0.15, 0.2) is 42.5 Å². The van der Waals surface area contributed by atoms with Crippen LogP contribution in [0.3, 0.4) is 0 Å². The average Bonchev–Trinajstić information content (AvgIpc) is 2.49. The number of carbonyl (C=O) groups is 2. The van der Waals surface area contributed by atoms with E-state index < -0.39 is 18.5 Å². The van der Waals surface area contributed by atoms with Crippen molar-refractivity contribution in [1.82, 2.24) is 0 Å². The number of carbonyl (C=O) groups excluding carboxylic acids is 2. The Morgan fingerprint density at radius 3 is 2.23 bits per heavy atom. The molecule has 5 nitrogen and oxygen atoms in total. The molecule has 0 bridgehead atoms. The molecule has 0 fully saturated rings. The molecular weight excluding hydrogens is 327 g/mol. The molecule has 0 atom stereocenters. The van der Waals surface area contributed by atoms with E-state index in [1.165, 1.54) is 12.1 Å². The van der Waals surface area contributed by atoms with Crippen LogP contribution < -0.4 is 11.1 Å². The van der Waals surface area contributed by atoms with E-state index in [9.17, 15) is 9.59 Å². The molecule has 7 heteroatoms. The van der Waals surface area contributed by atoms with Gasteiger partial charge in [0, 0.05) is 5.69 Å². The number of hydrogen-bond donors (Lipinski definition) is 2. The molecule has 0 saturated heterocycles. The minimum Gasteiger partial charge on any atom is -0.452 e. The number of halogens is 2. The molecule has 0 aromatic heterocycles. The van der Waals surface area contributed by atoms with Crippen molar-refractivity contribution in [1.29, 1.82) is 0 Å². The van der Waals surface area contributed by atoms with Crippen molar-refractivity contribution in [3.63, 3.8) is 0 Å². The van der Waals surface area contributed by atoms with E-state index in [2.05, 4.69) is 5.32 Å². The predicted molar refractivity (Wildman–Crippen MR) is 86.2 cm³/mol. The fourth-order valence-corrected chi connectivity index (χ4v) is 2.12. The van der Waals surface area contributed by atoms with Gasteiger partial charge in [0.1, 0.15) is 0 Å². The summed E-state index contributed by atoms with van der Waals surface area (Å²) in [5.41, 5.74) is 6.63. The lowest BCUT2D eigenvalue weighted by Gasteiger charge is -2.09. The normalized spacial score (nSPS) is 10.1. The Morgan fingerprint density at radius 1 is 1.05 bits per heavy atom. The predicted octanol–water partition coefficient (Wildman–Crippen LogP) is 3.37. The molecule has 0 aliphatic heterocycles. The zero-order valence-corrected chi connectivity index (χ0v) is 12.8. The number of rotatable bonds is 4. The van der Waals surface area contributed by atoms with Crippen LogP contribution in [0.2, 0.25) is 10.0 Å². The second kappa shape index (κ2) is 7.15. The molecule has 2 rings (SSSR count). The number of para-hydroxylation sites is 1. The number of ether oxygens (including phenoxy) is 1. The molecule has 0 aliphatic carbocycles. The van der Waals surface area contributed by atoms with Gasteiger partial charge in [-0.2, -0.15) is 0 Å². The smallest absolute Gasteiger partial charge is 0.338 e. The van der Waals surface area contributed by atoms with Crippen LogP contribution in [0.1, 0.15) is 10.4 Å². The summed E-state index contributed by atoms with van der Waals surface area (Å²) < 4.78 is 4.90. The molecule has 0 unspecified atom stereocenters. The van der Waals surface area contributed by atoms with Gasteiger partial charge in [0.05, 0.1) is 21.3 Å². The van der Waals surface area contributed by atoms with Crippen molar-refractivity contribution in [3.05, 3.63) is 58.1 Å². The highest BCUT2D eigenvalue weighted by Gasteiger charge is 2.13. The number of nitrogens with two attached hydrogens (primary N) is 1. The van der Waals surface area contributed by atoms with Crippen LogP contribution in [-0.4, -0.2) is 18.5 Å². The summed E-state index contributed by atoms with van der Waals surface area (Å²) in [5, 5.41) is 3.09. The van der Waals surface area contributed by atoms with Crippen LogP contribution in [0.5, 0.6) is 0 Å². The number of amides is 1. The molecular formula is C15H12Cl2N2O3. The van der Waals surface area contributed by atoms with Crippen LogP contribution in [-0.2, 0) is 9.53 Å². The fourth-order valence-electron chi connectivity index (χ4n) is 1.63. The van der Waals surface area contributed by atoms with Crippen molar-refractivity contribution in [2.24, 2.45) is 0 Å². The molecule has 0 aliphatic rings. The fraction of sp³-hybridized carbons (Fsp3) is 0.0667. The molecule has 3 N–H and O–H groups in total. The van der Waals surface area contributed by atoms with Gasteiger partial charge in [0.15, 0.2) is 6.61 Å². The standard InChI is InChI=1S/C15H12Cl2N2O3/c16-11-2-1-3-12(17)14(11)19-13(20)8-22-15(21)9-4-6-10(18)7-5-9/h1-7H,8,18H2,(H,19,20). The molecule has 0 heterocycles. The van der Waals surface area contributed by atoms with E-state index >= 15 is 0 Å². The second-order valence-corrected chi connectivity index (χ2v) is 5.16. The van der Waals surface area contributed by atoms with Gasteiger partial charge in [0.2, 0.25) is 0 Å². The minimum atomic E-state index is -0.625. The number of benzene rings is 2. The molecule has 2 aromatic carbocycles. The maximum absolute atomic E-state index is 11.8. The highest BCUT2D eigenvalue weighted by Crippen LogP contribution is 2.29. The number of hydrogen-bond acceptors (Lipinski definition) is 4. The largest absolute Gasteiger partial charge is 0.452 e. The van der Waals surface area contributed by atoms with E-state index in [4.69, 9.17) is 33.7 Å². The lowest BCUT2D eigenvalue weighted by Crippen LogP contribution is -2.21. The third kappa shape index (κ3) is 4.13. The average molecular weight is 339 g/mol. The van der Waals surface area contributed by atoms with Gasteiger partial charge in [-0.1, -0.05) is 29.3 Å². The summed E-state index contributed by atoms with van der Waals surface area (Å²) in [4.78, 5) is 23.5. The van der Waals surface area contributed by atoms with Crippen molar-refractivity contribution in [2.75, 3.05) is 17.7 Å². The van der Waals surface area contributed by atoms with E-state index in [-0.39, 0.29) is 5.69 Å². The Hall–Kier alpha value is -2.24. The maximum Gasteiger partial charge on any atom is 0.338 e. The van der Waals surface area contributed by atoms with E-state index in [1.807, 2.05) is 0 Å². The second-order valence-electron chi connectivity index (χ2n) is 4.34. The summed E-state index contributed by atoms with van der Waals surface area (Å²) >= 11 is 11.9. The van der Waals surface area contributed by atoms with Gasteiger partial charge in [-0.05, 0) is 36.4 Å². The Balaban J connectivity index is 1.93. The van der Waals surface area contributed by atoms with Crippen LogP contribution in [0, 0.1) is 0 Å². The van der Waals surface area contributed by atoms with Gasteiger partial charge >= 0.3 is 5.97 Å². The highest BCUT2D eigenvalue weighted by atomic mass is 35.5. The summed E-state index contributed by atoms with van der Waals surface area (Å²) in [7, 11) is 0. The first-order valence-electron chi connectivity index (χ1n) is 6.24. The van der Waals surface area contributed by atoms with E-state index in [1.54, 1.807) is 30.3 Å². The van der Waals surface area contributed by atoms with Gasteiger partial charge in [-0.25, -0.2) is 4.79 Å². The zero-order valence-electron chi connectivity index (χ0n) is 11.3. The molecule has 2 aromatic rings. The Kier molecular flexibility index (Phi) is 5.25. The number of esters is 1. The first-order chi connectivity index (χ1) is 10.5. The molecule has 1 amide bonds. The van der Waals surface area contributed by atoms with Crippen molar-refractivity contribution >= 4 is 46.5 Å². The summed E-state index contributed by atoms with van der Waals surface area (Å²) in [6.07, 6.45) is 0. The molecule has 114 valence electrons. The lowest BCUT2D eigenvalue weighted by atomic mass is 10.2. The highest BCUT2D eigenvalue weighted by molar-refractivity contribution is 6.39. The molecule has 0 radical (unpaired) electrons. The Labute approximate surface area is 137 Å². The topological polar surface area (TPSA) is 81.4 Å². The number of nitrogens with one attached hydrogen (secondary N) is 1. The third-order valence-corrected chi connectivity index (χ3v) is 3.34. The van der Waals surface area contributed by atoms with Gasteiger partial charge in [0.25, 0.3) is 5.91 Å². The van der Waals surface area contributed by atoms with E-state index in [0.29, 0.717) is 21.3 Å². The van der Waals surface area contributed by atoms with Crippen molar-refractivity contribution in [3.8, 4) is 0 Å². The Bertz CT molecular complexity index is 682. The molecule has 0 spiro atoms. The van der Waals surface area contributed by atoms with Gasteiger partial charge in [-0.15, -0.1) is 0 Å². The van der Waals surface area contributed by atoms with Crippen molar-refractivity contribution in [2.45, 2.75) is 0 Å². The quantitative estimate of drug-likeness (QED) is 0.661.